The van der Waals surface area contributed by atoms with Crippen LogP contribution in [0.5, 0.6) is 0 Å². The number of hydrogen-bond donors (Lipinski definition) is 1. The molecule has 0 aliphatic rings. The standard InChI is InChI=1S/C20H16FN5O3S2/c1-30-20-24-10-13-3-5-18(27)26(19(13)25-20)11-12-2-4-17(23-9-12)14-6-15(21)8-16(7-14)31(22,28)29/h2-10H,11H2,1H3,(H2,22,28,29). The number of nitrogens with zero attached hydrogens (tertiary/aromatic N) is 4. The van der Waals surface area contributed by atoms with Crippen LogP contribution < -0.4 is 10.7 Å². The molecular weight excluding hydrogens is 441 g/mol. The van der Waals surface area contributed by atoms with Gasteiger partial charge in [0.25, 0.3) is 5.56 Å². The van der Waals surface area contributed by atoms with E-state index in [1.54, 1.807) is 30.6 Å². The minimum atomic E-state index is -4.06. The molecule has 1 aromatic carbocycles. The van der Waals surface area contributed by atoms with Crippen molar-refractivity contribution < 1.29 is 12.8 Å². The zero-order valence-corrected chi connectivity index (χ0v) is 17.8. The lowest BCUT2D eigenvalue weighted by Crippen LogP contribution is -2.21. The number of halogens is 1. The highest BCUT2D eigenvalue weighted by Crippen LogP contribution is 2.23. The Labute approximate surface area is 181 Å². The normalized spacial score (nSPS) is 11.7. The first-order valence-electron chi connectivity index (χ1n) is 8.94. The topological polar surface area (TPSA) is 121 Å². The molecule has 31 heavy (non-hydrogen) atoms. The monoisotopic (exact) mass is 457 g/mol. The van der Waals surface area contributed by atoms with Crippen molar-refractivity contribution in [2.45, 2.75) is 16.6 Å². The molecule has 3 heterocycles. The van der Waals surface area contributed by atoms with Gasteiger partial charge in [0.15, 0.2) is 5.16 Å². The van der Waals surface area contributed by atoms with Crippen LogP contribution in [0.15, 0.2) is 69.7 Å². The van der Waals surface area contributed by atoms with Gasteiger partial charge in [0.1, 0.15) is 11.5 Å². The minimum Gasteiger partial charge on any atom is -0.288 e. The van der Waals surface area contributed by atoms with Crippen molar-refractivity contribution in [3.8, 4) is 11.3 Å². The molecule has 0 amide bonds. The Kier molecular flexibility index (Phi) is 5.56. The first-order chi connectivity index (χ1) is 14.7. The van der Waals surface area contributed by atoms with Crippen LogP contribution in [0.3, 0.4) is 0 Å². The average molecular weight is 458 g/mol. The molecule has 0 saturated heterocycles. The maximum atomic E-state index is 13.9. The lowest BCUT2D eigenvalue weighted by molar-refractivity contribution is 0.592. The van der Waals surface area contributed by atoms with Gasteiger partial charge in [-0.2, -0.15) is 0 Å². The second-order valence-electron chi connectivity index (χ2n) is 6.67. The smallest absolute Gasteiger partial charge is 0.252 e. The molecule has 11 heteroatoms. The number of sulfonamides is 1. The van der Waals surface area contributed by atoms with Crippen molar-refractivity contribution in [3.05, 3.63) is 76.6 Å². The van der Waals surface area contributed by atoms with E-state index < -0.39 is 15.8 Å². The van der Waals surface area contributed by atoms with E-state index in [4.69, 9.17) is 5.14 Å². The molecule has 0 saturated carbocycles. The largest absolute Gasteiger partial charge is 0.288 e. The number of fused-ring (bicyclic) bond motifs is 1. The molecule has 158 valence electrons. The molecule has 0 aliphatic carbocycles. The Balaban J connectivity index is 1.70. The lowest BCUT2D eigenvalue weighted by atomic mass is 10.1. The molecule has 4 rings (SSSR count). The van der Waals surface area contributed by atoms with Gasteiger partial charge in [-0.15, -0.1) is 0 Å². The third kappa shape index (κ3) is 4.48. The van der Waals surface area contributed by atoms with Crippen LogP contribution in [0.25, 0.3) is 22.3 Å². The summed E-state index contributed by atoms with van der Waals surface area (Å²) >= 11 is 1.38. The van der Waals surface area contributed by atoms with Crippen LogP contribution in [0.1, 0.15) is 5.56 Å². The Bertz CT molecular complexity index is 1450. The number of thioether (sulfide) groups is 1. The minimum absolute atomic E-state index is 0.217. The van der Waals surface area contributed by atoms with Crippen LogP contribution in [-0.4, -0.2) is 34.2 Å². The summed E-state index contributed by atoms with van der Waals surface area (Å²) in [6.45, 7) is 0.222. The fourth-order valence-electron chi connectivity index (χ4n) is 3.05. The highest BCUT2D eigenvalue weighted by Gasteiger charge is 2.13. The van der Waals surface area contributed by atoms with Gasteiger partial charge in [-0.1, -0.05) is 17.8 Å². The van der Waals surface area contributed by atoms with Gasteiger partial charge >= 0.3 is 0 Å². The Hall–Kier alpha value is -3.15. The zero-order chi connectivity index (χ0) is 22.2. The first-order valence-corrected chi connectivity index (χ1v) is 11.7. The number of benzene rings is 1. The van der Waals surface area contributed by atoms with Gasteiger partial charge in [-0.25, -0.2) is 27.9 Å². The van der Waals surface area contributed by atoms with E-state index in [1.807, 2.05) is 6.26 Å². The van der Waals surface area contributed by atoms with Crippen molar-refractivity contribution in [2.24, 2.45) is 5.14 Å². The molecular formula is C20H16FN5O3S2. The molecule has 4 aromatic rings. The second-order valence-corrected chi connectivity index (χ2v) is 9.00. The maximum Gasteiger partial charge on any atom is 0.252 e. The predicted octanol–water partition coefficient (Wildman–Crippen LogP) is 2.41. The molecule has 0 spiro atoms. The van der Waals surface area contributed by atoms with Crippen LogP contribution >= 0.6 is 11.8 Å². The molecule has 2 N–H and O–H groups in total. The van der Waals surface area contributed by atoms with Crippen LogP contribution in [0, 0.1) is 5.82 Å². The fourth-order valence-corrected chi connectivity index (χ4v) is 3.96. The molecule has 0 bridgehead atoms. The summed E-state index contributed by atoms with van der Waals surface area (Å²) in [6.07, 6.45) is 5.06. The SMILES string of the molecule is CSc1ncc2ccc(=O)n(Cc3ccc(-c4cc(F)cc(S(N)(=O)=O)c4)nc3)c2n1. The Morgan fingerprint density at radius 2 is 1.90 bits per heavy atom. The number of primary sulfonamides is 1. The number of rotatable bonds is 5. The number of aromatic nitrogens is 4. The summed E-state index contributed by atoms with van der Waals surface area (Å²) in [7, 11) is -4.06. The summed E-state index contributed by atoms with van der Waals surface area (Å²) in [5.41, 5.74) is 1.65. The molecule has 0 aliphatic heterocycles. The number of pyridine rings is 2. The van der Waals surface area contributed by atoms with Gasteiger partial charge in [-0.05, 0) is 42.2 Å². The highest BCUT2D eigenvalue weighted by atomic mass is 32.2. The van der Waals surface area contributed by atoms with Crippen LogP contribution in [0.4, 0.5) is 4.39 Å². The zero-order valence-electron chi connectivity index (χ0n) is 16.2. The maximum absolute atomic E-state index is 13.9. The molecule has 8 nitrogen and oxygen atoms in total. The van der Waals surface area contributed by atoms with E-state index in [0.29, 0.717) is 22.1 Å². The van der Waals surface area contributed by atoms with Gasteiger partial charge in [0, 0.05) is 29.4 Å². The lowest BCUT2D eigenvalue weighted by Gasteiger charge is -2.10. The highest BCUT2D eigenvalue weighted by molar-refractivity contribution is 7.98. The van der Waals surface area contributed by atoms with E-state index in [9.17, 15) is 17.6 Å². The van der Waals surface area contributed by atoms with E-state index in [-0.39, 0.29) is 22.6 Å². The molecule has 0 unspecified atom stereocenters. The van der Waals surface area contributed by atoms with Crippen molar-refractivity contribution in [3.63, 3.8) is 0 Å². The second kappa shape index (κ2) is 8.17. The van der Waals surface area contributed by atoms with Crippen LogP contribution in [0.2, 0.25) is 0 Å². The van der Waals surface area contributed by atoms with E-state index >= 15 is 0 Å². The Morgan fingerprint density at radius 1 is 1.10 bits per heavy atom. The van der Waals surface area contributed by atoms with Crippen molar-refractivity contribution in [1.29, 1.82) is 0 Å². The number of nitrogens with two attached hydrogens (primary N) is 1. The molecule has 0 atom stereocenters. The average Bonchev–Trinajstić information content (AvgIpc) is 2.75. The third-order valence-electron chi connectivity index (χ3n) is 4.54. The fraction of sp³-hybridized carbons (Fsp3) is 0.100. The summed E-state index contributed by atoms with van der Waals surface area (Å²) in [5.74, 6) is -0.737. The van der Waals surface area contributed by atoms with Crippen LogP contribution in [-0.2, 0) is 16.6 Å². The predicted molar refractivity (Wildman–Crippen MR) is 116 cm³/mol. The summed E-state index contributed by atoms with van der Waals surface area (Å²) in [6, 6.07) is 9.76. The summed E-state index contributed by atoms with van der Waals surface area (Å²) in [5, 5.41) is 6.39. The van der Waals surface area contributed by atoms with Crippen molar-refractivity contribution in [2.75, 3.05) is 6.26 Å². The summed E-state index contributed by atoms with van der Waals surface area (Å²) < 4.78 is 38.5. The quantitative estimate of drug-likeness (QED) is 0.361. The van der Waals surface area contributed by atoms with Gasteiger partial charge in [-0.3, -0.25) is 14.3 Å². The van der Waals surface area contributed by atoms with Crippen molar-refractivity contribution in [1.82, 2.24) is 19.5 Å². The molecule has 0 fully saturated rings. The number of hydrogen-bond acceptors (Lipinski definition) is 7. The van der Waals surface area contributed by atoms with E-state index in [1.165, 1.54) is 34.5 Å². The third-order valence-corrected chi connectivity index (χ3v) is 6.00. The molecule has 0 radical (unpaired) electrons. The molecule has 3 aromatic heterocycles. The first kappa shape index (κ1) is 21.1. The Morgan fingerprint density at radius 3 is 2.58 bits per heavy atom. The van der Waals surface area contributed by atoms with Gasteiger partial charge < -0.3 is 0 Å². The van der Waals surface area contributed by atoms with Gasteiger partial charge in [0.2, 0.25) is 10.0 Å². The van der Waals surface area contributed by atoms with E-state index in [0.717, 1.165) is 11.5 Å². The van der Waals surface area contributed by atoms with Gasteiger partial charge in [0.05, 0.1) is 17.1 Å². The summed E-state index contributed by atoms with van der Waals surface area (Å²) in [4.78, 5) is 25.1. The van der Waals surface area contributed by atoms with Crippen molar-refractivity contribution >= 4 is 32.8 Å². The van der Waals surface area contributed by atoms with E-state index in [2.05, 4.69) is 15.0 Å².